The monoisotopic (exact) mass is 560 g/mol. The molecule has 38 heavy (non-hydrogen) atoms. The second-order valence-corrected chi connectivity index (χ2v) is 11.0. The summed E-state index contributed by atoms with van der Waals surface area (Å²) in [6, 6.07) is 9.85. The van der Waals surface area contributed by atoms with Crippen molar-refractivity contribution >= 4 is 46.7 Å². The van der Waals surface area contributed by atoms with Crippen molar-refractivity contribution in [1.29, 1.82) is 0 Å². The molecular formula is C27H37ClN6O3S. The molecule has 2 aromatic rings. The lowest BCUT2D eigenvalue weighted by molar-refractivity contribution is -0.133. The van der Waals surface area contributed by atoms with Gasteiger partial charge >= 0.3 is 0 Å². The summed E-state index contributed by atoms with van der Waals surface area (Å²) in [5.41, 5.74) is 1.13. The summed E-state index contributed by atoms with van der Waals surface area (Å²) in [5.74, 6) is 2.13. The van der Waals surface area contributed by atoms with Gasteiger partial charge in [-0.05, 0) is 37.6 Å². The number of thioether (sulfide) groups is 1. The summed E-state index contributed by atoms with van der Waals surface area (Å²) in [6.45, 7) is 9.12. The number of hydrogen-bond donors (Lipinski definition) is 0. The summed E-state index contributed by atoms with van der Waals surface area (Å²) in [6.07, 6.45) is 2.54. The van der Waals surface area contributed by atoms with Crippen molar-refractivity contribution in [2.45, 2.75) is 44.3 Å². The molecule has 3 heterocycles. The summed E-state index contributed by atoms with van der Waals surface area (Å²) < 4.78 is 5.24. The van der Waals surface area contributed by atoms with Crippen molar-refractivity contribution < 1.29 is 14.3 Å². The normalized spacial score (nSPS) is 18.1. The lowest BCUT2D eigenvalue weighted by atomic mass is 10.1. The molecule has 2 saturated heterocycles. The summed E-state index contributed by atoms with van der Waals surface area (Å²) in [4.78, 5) is 42.8. The maximum atomic E-state index is 12.9. The molecule has 0 aliphatic carbocycles. The van der Waals surface area contributed by atoms with E-state index >= 15 is 0 Å². The van der Waals surface area contributed by atoms with Crippen molar-refractivity contribution in [3.8, 4) is 5.75 Å². The number of piperazine rings is 2. The zero-order valence-corrected chi connectivity index (χ0v) is 24.0. The van der Waals surface area contributed by atoms with E-state index in [0.717, 1.165) is 43.2 Å². The minimum absolute atomic E-state index is 0.0716. The quantitative estimate of drug-likeness (QED) is 0.260. The van der Waals surface area contributed by atoms with Crippen LogP contribution in [0.4, 0.5) is 11.5 Å². The number of hydrogen-bond acceptors (Lipinski definition) is 8. The average Bonchev–Trinajstić information content (AvgIpc) is 2.94. The van der Waals surface area contributed by atoms with E-state index in [1.807, 2.05) is 34.1 Å². The van der Waals surface area contributed by atoms with Crippen LogP contribution in [0, 0.1) is 0 Å². The lowest BCUT2D eigenvalue weighted by Crippen LogP contribution is -2.54. The number of carbonyl (C=O) groups is 2. The zero-order valence-electron chi connectivity index (χ0n) is 22.4. The molecule has 1 aromatic carbocycles. The highest BCUT2D eigenvalue weighted by atomic mass is 35.5. The standard InChI is InChI=1S/C27H37ClN6O3S/c1-4-5-6-25(35)34-16-15-33(18-20(34)2)24-17-23(28)29-27(30-24)38-19-26(36)32-13-11-31(12-14-32)21-7-9-22(37-3)10-8-21/h7-10,17,20H,4-6,11-16,18-19H2,1-3H3/t20-/m0/s1. The van der Waals surface area contributed by atoms with Crippen LogP contribution in [-0.4, -0.2) is 96.3 Å². The van der Waals surface area contributed by atoms with Crippen molar-refractivity contribution in [3.63, 3.8) is 0 Å². The van der Waals surface area contributed by atoms with Crippen molar-refractivity contribution in [2.75, 3.05) is 68.5 Å². The molecule has 0 spiro atoms. The number of aromatic nitrogens is 2. The summed E-state index contributed by atoms with van der Waals surface area (Å²) >= 11 is 7.65. The van der Waals surface area contributed by atoms with E-state index in [1.165, 1.54) is 11.8 Å². The molecule has 1 aromatic heterocycles. The Bertz CT molecular complexity index is 1100. The number of halogens is 1. The SMILES string of the molecule is CCCCC(=O)N1CCN(c2cc(Cl)nc(SCC(=O)N3CCN(c4ccc(OC)cc4)CC3)n2)C[C@@H]1C. The molecule has 0 radical (unpaired) electrons. The topological polar surface area (TPSA) is 82.1 Å². The Morgan fingerprint density at radius 3 is 2.39 bits per heavy atom. The largest absolute Gasteiger partial charge is 0.497 e. The third-order valence-corrected chi connectivity index (χ3v) is 8.10. The molecule has 2 fully saturated rings. The second kappa shape index (κ2) is 13.4. The van der Waals surface area contributed by atoms with Crippen LogP contribution in [0.5, 0.6) is 5.75 Å². The van der Waals surface area contributed by atoms with Gasteiger partial charge in [-0.1, -0.05) is 36.7 Å². The first-order chi connectivity index (χ1) is 18.4. The van der Waals surface area contributed by atoms with Gasteiger partial charge in [-0.25, -0.2) is 9.97 Å². The van der Waals surface area contributed by atoms with Gasteiger partial charge in [0.25, 0.3) is 0 Å². The molecule has 0 N–H and O–H groups in total. The Labute approximate surface area is 234 Å². The second-order valence-electron chi connectivity index (χ2n) is 9.67. The minimum atomic E-state index is 0.0716. The van der Waals surface area contributed by atoms with Crippen molar-refractivity contribution in [1.82, 2.24) is 19.8 Å². The number of anilines is 2. The maximum absolute atomic E-state index is 12.9. The Hall–Kier alpha value is -2.72. The Balaban J connectivity index is 1.28. The van der Waals surface area contributed by atoms with E-state index in [-0.39, 0.29) is 23.6 Å². The number of benzene rings is 1. The van der Waals surface area contributed by atoms with Crippen LogP contribution in [0.15, 0.2) is 35.5 Å². The first-order valence-corrected chi connectivity index (χ1v) is 14.6. The van der Waals surface area contributed by atoms with Gasteiger partial charge in [0.1, 0.15) is 16.7 Å². The van der Waals surface area contributed by atoms with E-state index < -0.39 is 0 Å². The van der Waals surface area contributed by atoms with Crippen LogP contribution >= 0.6 is 23.4 Å². The fraction of sp³-hybridized carbons (Fsp3) is 0.556. The predicted molar refractivity (Wildman–Crippen MR) is 152 cm³/mol. The Morgan fingerprint density at radius 1 is 1.03 bits per heavy atom. The third kappa shape index (κ3) is 7.22. The van der Waals surface area contributed by atoms with Crippen molar-refractivity contribution in [2.24, 2.45) is 0 Å². The fourth-order valence-corrected chi connectivity index (χ4v) is 5.83. The van der Waals surface area contributed by atoms with Crippen LogP contribution in [0.3, 0.4) is 0 Å². The van der Waals surface area contributed by atoms with E-state index in [9.17, 15) is 9.59 Å². The maximum Gasteiger partial charge on any atom is 0.233 e. The summed E-state index contributed by atoms with van der Waals surface area (Å²) in [7, 11) is 1.66. The van der Waals surface area contributed by atoms with Gasteiger partial charge < -0.3 is 24.3 Å². The van der Waals surface area contributed by atoms with Gasteiger partial charge in [-0.2, -0.15) is 0 Å². The van der Waals surface area contributed by atoms with Gasteiger partial charge in [0.05, 0.1) is 12.9 Å². The Kier molecular flexibility index (Phi) is 9.96. The van der Waals surface area contributed by atoms with E-state index in [1.54, 1.807) is 13.2 Å². The Morgan fingerprint density at radius 2 is 1.74 bits per heavy atom. The number of carbonyl (C=O) groups excluding carboxylic acids is 2. The highest BCUT2D eigenvalue weighted by Gasteiger charge is 2.28. The van der Waals surface area contributed by atoms with Crippen molar-refractivity contribution in [3.05, 3.63) is 35.5 Å². The summed E-state index contributed by atoms with van der Waals surface area (Å²) in [5, 5.41) is 0.846. The molecule has 9 nitrogen and oxygen atoms in total. The number of ether oxygens (including phenoxy) is 1. The lowest BCUT2D eigenvalue weighted by Gasteiger charge is -2.40. The first-order valence-electron chi connectivity index (χ1n) is 13.3. The smallest absolute Gasteiger partial charge is 0.233 e. The van der Waals surface area contributed by atoms with Crippen LogP contribution in [0.1, 0.15) is 33.1 Å². The van der Waals surface area contributed by atoms with E-state index in [2.05, 4.69) is 28.6 Å². The van der Waals surface area contributed by atoms with E-state index in [0.29, 0.717) is 49.5 Å². The molecule has 4 rings (SSSR count). The molecule has 2 aliphatic heterocycles. The van der Waals surface area contributed by atoms with Crippen LogP contribution in [0.2, 0.25) is 5.15 Å². The van der Waals surface area contributed by atoms with Gasteiger partial charge in [-0.3, -0.25) is 9.59 Å². The highest BCUT2D eigenvalue weighted by molar-refractivity contribution is 7.99. The molecular weight excluding hydrogens is 524 g/mol. The zero-order chi connectivity index (χ0) is 27.1. The van der Waals surface area contributed by atoms with Crippen LogP contribution in [-0.2, 0) is 9.59 Å². The predicted octanol–water partition coefficient (Wildman–Crippen LogP) is 3.81. The molecule has 1 atom stereocenters. The minimum Gasteiger partial charge on any atom is -0.497 e. The first kappa shape index (κ1) is 28.3. The van der Waals surface area contributed by atoms with E-state index in [4.69, 9.17) is 21.3 Å². The molecule has 2 aliphatic rings. The number of amides is 2. The molecule has 0 unspecified atom stereocenters. The molecule has 0 saturated carbocycles. The fourth-order valence-electron chi connectivity index (χ4n) is 4.84. The molecule has 206 valence electrons. The average molecular weight is 561 g/mol. The number of nitrogens with zero attached hydrogens (tertiary/aromatic N) is 6. The van der Waals surface area contributed by atoms with Gasteiger partial charge in [0, 0.05) is 70.0 Å². The van der Waals surface area contributed by atoms with Crippen LogP contribution in [0.25, 0.3) is 0 Å². The van der Waals surface area contributed by atoms with Gasteiger partial charge in [0.2, 0.25) is 11.8 Å². The number of methoxy groups -OCH3 is 1. The number of unbranched alkanes of at least 4 members (excludes halogenated alkanes) is 1. The van der Waals surface area contributed by atoms with Gasteiger partial charge in [-0.15, -0.1) is 0 Å². The molecule has 2 amide bonds. The number of rotatable bonds is 9. The van der Waals surface area contributed by atoms with Crippen LogP contribution < -0.4 is 14.5 Å². The highest BCUT2D eigenvalue weighted by Crippen LogP contribution is 2.25. The molecule has 0 bridgehead atoms. The van der Waals surface area contributed by atoms with Gasteiger partial charge in [0.15, 0.2) is 5.16 Å². The molecule has 11 heteroatoms. The third-order valence-electron chi connectivity index (χ3n) is 7.07.